The number of nitrogens with zero attached hydrogens (tertiary/aromatic N) is 3. The van der Waals surface area contributed by atoms with E-state index >= 15 is 0 Å². The van der Waals surface area contributed by atoms with Crippen LogP contribution in [0.1, 0.15) is 35.4 Å². The smallest absolute Gasteiger partial charge is 0.215 e. The predicted octanol–water partition coefficient (Wildman–Crippen LogP) is 4.03. The van der Waals surface area contributed by atoms with Crippen LogP contribution in [-0.2, 0) is 0 Å². The summed E-state index contributed by atoms with van der Waals surface area (Å²) in [4.78, 5) is 4.23. The van der Waals surface area contributed by atoms with Gasteiger partial charge in [-0.05, 0) is 42.0 Å². The van der Waals surface area contributed by atoms with Gasteiger partial charge in [0.05, 0.1) is 11.8 Å². The number of aromatic nitrogens is 1. The molecule has 0 radical (unpaired) electrons. The quantitative estimate of drug-likeness (QED) is 0.763. The van der Waals surface area contributed by atoms with E-state index in [1.54, 1.807) is 18.3 Å². The molecule has 2 aliphatic heterocycles. The monoisotopic (exact) mass is 343 g/mol. The summed E-state index contributed by atoms with van der Waals surface area (Å²) in [7, 11) is 0. The first-order valence-corrected chi connectivity index (χ1v) is 8.60. The number of pyridine rings is 1. The van der Waals surface area contributed by atoms with Crippen LogP contribution in [-0.4, -0.2) is 20.8 Å². The summed E-state index contributed by atoms with van der Waals surface area (Å²) in [6.07, 6.45) is 4.07. The molecule has 0 bridgehead atoms. The first-order valence-electron chi connectivity index (χ1n) is 8.60. The molecule has 128 valence electrons. The Hall–Kier alpha value is -3.34. The van der Waals surface area contributed by atoms with Crippen molar-refractivity contribution in [1.82, 2.24) is 9.99 Å². The topological polar surface area (TPSA) is 58.0 Å². The molecule has 1 aromatic heterocycles. The normalized spacial score (nSPS) is 20.8. The van der Waals surface area contributed by atoms with Crippen molar-refractivity contribution >= 4 is 5.71 Å². The second-order valence-electron chi connectivity index (χ2n) is 6.49. The van der Waals surface area contributed by atoms with Crippen LogP contribution in [0.3, 0.4) is 0 Å². The molecule has 26 heavy (non-hydrogen) atoms. The number of benzene rings is 2. The minimum atomic E-state index is -0.307. The fourth-order valence-electron chi connectivity index (χ4n) is 3.60. The maximum absolute atomic E-state index is 9.55. The highest BCUT2D eigenvalue weighted by molar-refractivity contribution is 6.02. The van der Waals surface area contributed by atoms with Gasteiger partial charge in [-0.15, -0.1) is 0 Å². The number of para-hydroxylation sites is 1. The summed E-state index contributed by atoms with van der Waals surface area (Å²) in [5, 5.41) is 16.5. The molecule has 2 atom stereocenters. The van der Waals surface area contributed by atoms with Gasteiger partial charge in [-0.2, -0.15) is 5.10 Å². The Morgan fingerprint density at radius 2 is 1.85 bits per heavy atom. The molecule has 0 fully saturated rings. The van der Waals surface area contributed by atoms with Gasteiger partial charge >= 0.3 is 0 Å². The van der Waals surface area contributed by atoms with E-state index in [4.69, 9.17) is 9.84 Å². The zero-order valence-electron chi connectivity index (χ0n) is 14.0. The molecular weight excluding hydrogens is 326 g/mol. The molecule has 0 unspecified atom stereocenters. The predicted molar refractivity (Wildman–Crippen MR) is 97.9 cm³/mol. The molecule has 0 spiro atoms. The summed E-state index contributed by atoms with van der Waals surface area (Å²) < 4.78 is 6.27. The Bertz CT molecular complexity index is 970. The standard InChI is InChI=1S/C21H17N3O2/c25-16-9-7-14(8-10-16)18-12-19-17-5-1-2-6-20(17)26-21(24(19)23-18)15-4-3-11-22-13-15/h1-11,13,19,21,25H,12H2/t19-,21+/m0/s1. The van der Waals surface area contributed by atoms with Crippen molar-refractivity contribution in [1.29, 1.82) is 0 Å². The molecule has 0 saturated carbocycles. The zero-order chi connectivity index (χ0) is 17.5. The van der Waals surface area contributed by atoms with Gasteiger partial charge in [0.2, 0.25) is 6.23 Å². The largest absolute Gasteiger partial charge is 0.508 e. The van der Waals surface area contributed by atoms with Crippen molar-refractivity contribution in [2.75, 3.05) is 0 Å². The third kappa shape index (κ3) is 2.40. The number of hydrogen-bond donors (Lipinski definition) is 1. The minimum Gasteiger partial charge on any atom is -0.508 e. The minimum absolute atomic E-state index is 0.119. The number of rotatable bonds is 2. The van der Waals surface area contributed by atoms with Crippen molar-refractivity contribution < 1.29 is 9.84 Å². The molecule has 0 amide bonds. The van der Waals surface area contributed by atoms with E-state index in [1.807, 2.05) is 53.7 Å². The Balaban J connectivity index is 1.59. The van der Waals surface area contributed by atoms with Gasteiger partial charge in [0.25, 0.3) is 0 Å². The number of hydrazone groups is 1. The maximum Gasteiger partial charge on any atom is 0.215 e. The highest BCUT2D eigenvalue weighted by Crippen LogP contribution is 2.47. The molecule has 3 aromatic rings. The van der Waals surface area contributed by atoms with Crippen molar-refractivity contribution in [3.8, 4) is 11.5 Å². The third-order valence-electron chi connectivity index (χ3n) is 4.87. The van der Waals surface area contributed by atoms with Crippen LogP contribution >= 0.6 is 0 Å². The summed E-state index contributed by atoms with van der Waals surface area (Å²) in [5.74, 6) is 1.15. The van der Waals surface area contributed by atoms with Crippen molar-refractivity contribution in [2.24, 2.45) is 5.10 Å². The van der Waals surface area contributed by atoms with Gasteiger partial charge in [0.15, 0.2) is 0 Å². The Morgan fingerprint density at radius 3 is 2.65 bits per heavy atom. The number of hydrogen-bond acceptors (Lipinski definition) is 5. The molecule has 3 heterocycles. The lowest BCUT2D eigenvalue weighted by atomic mass is 9.96. The Labute approximate surface area is 151 Å². The molecule has 5 rings (SSSR count). The number of aromatic hydroxyl groups is 1. The van der Waals surface area contributed by atoms with E-state index in [0.29, 0.717) is 0 Å². The van der Waals surface area contributed by atoms with Crippen LogP contribution in [0.2, 0.25) is 0 Å². The fourth-order valence-corrected chi connectivity index (χ4v) is 3.60. The maximum atomic E-state index is 9.55. The number of phenols is 1. The average molecular weight is 343 g/mol. The van der Waals surface area contributed by atoms with Gasteiger partial charge in [-0.1, -0.05) is 24.3 Å². The average Bonchev–Trinajstić information content (AvgIpc) is 3.14. The second-order valence-corrected chi connectivity index (χ2v) is 6.49. The van der Waals surface area contributed by atoms with Gasteiger partial charge in [0.1, 0.15) is 11.5 Å². The Kier molecular flexibility index (Phi) is 3.38. The number of ether oxygens (including phenoxy) is 1. The van der Waals surface area contributed by atoms with Crippen molar-refractivity contribution in [3.05, 3.63) is 89.7 Å². The molecule has 5 heteroatoms. The van der Waals surface area contributed by atoms with Crippen molar-refractivity contribution in [2.45, 2.75) is 18.7 Å². The lowest BCUT2D eigenvalue weighted by Crippen LogP contribution is -2.33. The molecule has 2 aromatic carbocycles. The van der Waals surface area contributed by atoms with Gasteiger partial charge < -0.3 is 9.84 Å². The molecule has 2 aliphatic rings. The Morgan fingerprint density at radius 1 is 1.00 bits per heavy atom. The van der Waals surface area contributed by atoms with Crippen LogP contribution in [0.25, 0.3) is 0 Å². The van der Waals surface area contributed by atoms with Gasteiger partial charge in [-0.25, -0.2) is 5.01 Å². The molecular formula is C21H17N3O2. The van der Waals surface area contributed by atoms with Crippen molar-refractivity contribution in [3.63, 3.8) is 0 Å². The summed E-state index contributed by atoms with van der Waals surface area (Å²) in [6, 6.07) is 19.4. The van der Waals surface area contributed by atoms with Crippen LogP contribution in [0.5, 0.6) is 11.5 Å². The van der Waals surface area contributed by atoms with E-state index in [2.05, 4.69) is 11.1 Å². The van der Waals surface area contributed by atoms with Crippen LogP contribution in [0.15, 0.2) is 78.2 Å². The van der Waals surface area contributed by atoms with Gasteiger partial charge in [0, 0.05) is 29.9 Å². The molecule has 5 nitrogen and oxygen atoms in total. The number of phenolic OH excluding ortho intramolecular Hbond substituents is 1. The highest BCUT2D eigenvalue weighted by atomic mass is 16.5. The SMILES string of the molecule is Oc1ccc(C2=NN3[C@@H](c4cccnc4)Oc4ccccc4[C@@H]3C2)cc1. The highest BCUT2D eigenvalue weighted by Gasteiger charge is 2.40. The van der Waals surface area contributed by atoms with E-state index in [0.717, 1.165) is 34.6 Å². The van der Waals surface area contributed by atoms with E-state index in [-0.39, 0.29) is 18.0 Å². The third-order valence-corrected chi connectivity index (χ3v) is 4.87. The fraction of sp³-hybridized carbons (Fsp3) is 0.143. The summed E-state index contributed by atoms with van der Waals surface area (Å²) in [6.45, 7) is 0. The van der Waals surface area contributed by atoms with Gasteiger partial charge in [-0.3, -0.25) is 4.98 Å². The van der Waals surface area contributed by atoms with E-state index < -0.39 is 0 Å². The molecule has 0 aliphatic carbocycles. The van der Waals surface area contributed by atoms with Crippen LogP contribution in [0, 0.1) is 0 Å². The first-order chi connectivity index (χ1) is 12.8. The molecule has 1 N–H and O–H groups in total. The lowest BCUT2D eigenvalue weighted by molar-refractivity contribution is -0.0192. The first kappa shape index (κ1) is 15.0. The second kappa shape index (κ2) is 5.88. The summed E-state index contributed by atoms with van der Waals surface area (Å²) in [5.41, 5.74) is 4.12. The lowest BCUT2D eigenvalue weighted by Gasteiger charge is -2.38. The van der Waals surface area contributed by atoms with Crippen LogP contribution < -0.4 is 4.74 Å². The summed E-state index contributed by atoms with van der Waals surface area (Å²) >= 11 is 0. The van der Waals surface area contributed by atoms with Crippen LogP contribution in [0.4, 0.5) is 0 Å². The van der Waals surface area contributed by atoms with E-state index in [1.165, 1.54) is 0 Å². The number of fused-ring (bicyclic) bond motifs is 3. The zero-order valence-corrected chi connectivity index (χ0v) is 14.0. The molecule has 0 saturated heterocycles. The van der Waals surface area contributed by atoms with E-state index in [9.17, 15) is 5.11 Å².